The van der Waals surface area contributed by atoms with Crippen molar-refractivity contribution in [2.45, 2.75) is 39.7 Å². The Morgan fingerprint density at radius 3 is 2.19 bits per heavy atom. The van der Waals surface area contributed by atoms with Gasteiger partial charge in [-0.1, -0.05) is 19.9 Å². The highest BCUT2D eigenvalue weighted by atomic mass is 16.5. The number of carbonyl (C=O) groups is 3. The van der Waals surface area contributed by atoms with E-state index in [0.717, 1.165) is 62.5 Å². The van der Waals surface area contributed by atoms with Crippen LogP contribution in [0.5, 0.6) is 11.5 Å². The first kappa shape index (κ1) is 26.2. The van der Waals surface area contributed by atoms with Crippen molar-refractivity contribution in [1.29, 1.82) is 0 Å². The zero-order chi connectivity index (χ0) is 23.4. The number of rotatable bonds is 8. The van der Waals surface area contributed by atoms with Crippen molar-refractivity contribution in [1.82, 2.24) is 10.2 Å². The van der Waals surface area contributed by atoms with Crippen molar-refractivity contribution in [2.24, 2.45) is 11.8 Å². The fourth-order valence-electron chi connectivity index (χ4n) is 3.21. The Morgan fingerprint density at radius 2 is 1.71 bits per heavy atom. The first-order valence-electron chi connectivity index (χ1n) is 10.3. The van der Waals surface area contributed by atoms with Crippen molar-refractivity contribution >= 4 is 17.8 Å². The van der Waals surface area contributed by atoms with Crippen LogP contribution < -0.4 is 14.8 Å². The van der Waals surface area contributed by atoms with E-state index >= 15 is 0 Å². The molecule has 1 amide bonds. The standard InChI is InChI=1S/C20H32N2O3.C2H2O4/c1-15(2)7-10-21-20(23)16-8-11-22(12-9-16)14-17-5-6-18(24-3)13-19(17)25-4;3-1(4)2(5)6/h5-6,13,15-16H,7-12,14H2,1-4H3,(H,21,23);(H,3,4)(H,5,6). The molecule has 1 aliphatic rings. The minimum atomic E-state index is -1.82. The number of carboxylic acid groups (broad SMARTS) is 2. The fourth-order valence-corrected chi connectivity index (χ4v) is 3.21. The van der Waals surface area contributed by atoms with Gasteiger partial charge in [-0.25, -0.2) is 9.59 Å². The molecular formula is C22H34N2O7. The molecule has 31 heavy (non-hydrogen) atoms. The minimum absolute atomic E-state index is 0.154. The van der Waals surface area contributed by atoms with Crippen LogP contribution in [-0.4, -0.2) is 66.8 Å². The van der Waals surface area contributed by atoms with Gasteiger partial charge in [0.2, 0.25) is 5.91 Å². The summed E-state index contributed by atoms with van der Waals surface area (Å²) in [7, 11) is 3.34. The number of carboxylic acids is 2. The number of amides is 1. The highest BCUT2D eigenvalue weighted by Gasteiger charge is 2.25. The number of aliphatic carboxylic acids is 2. The molecule has 1 fully saturated rings. The summed E-state index contributed by atoms with van der Waals surface area (Å²) in [6.07, 6.45) is 2.89. The molecule has 1 aromatic carbocycles. The van der Waals surface area contributed by atoms with Crippen LogP contribution in [0.15, 0.2) is 18.2 Å². The Kier molecular flexibility index (Phi) is 11.4. The van der Waals surface area contributed by atoms with E-state index in [4.69, 9.17) is 29.3 Å². The Balaban J connectivity index is 0.000000703. The van der Waals surface area contributed by atoms with E-state index in [1.807, 2.05) is 12.1 Å². The van der Waals surface area contributed by atoms with Crippen LogP contribution in [0.2, 0.25) is 0 Å². The number of likely N-dealkylation sites (tertiary alicyclic amines) is 1. The van der Waals surface area contributed by atoms with Crippen molar-refractivity contribution in [3.8, 4) is 11.5 Å². The number of methoxy groups -OCH3 is 2. The third kappa shape index (κ3) is 9.69. The summed E-state index contributed by atoms with van der Waals surface area (Å²) in [5, 5.41) is 17.9. The summed E-state index contributed by atoms with van der Waals surface area (Å²) in [6, 6.07) is 5.94. The number of nitrogens with one attached hydrogen (secondary N) is 1. The molecule has 0 bridgehead atoms. The number of carbonyl (C=O) groups excluding carboxylic acids is 1. The molecule has 1 aliphatic heterocycles. The third-order valence-corrected chi connectivity index (χ3v) is 5.05. The predicted octanol–water partition coefficient (Wildman–Crippen LogP) is 2.23. The van der Waals surface area contributed by atoms with Crippen molar-refractivity contribution < 1.29 is 34.1 Å². The van der Waals surface area contributed by atoms with Gasteiger partial charge in [0.25, 0.3) is 0 Å². The van der Waals surface area contributed by atoms with Crippen molar-refractivity contribution in [3.63, 3.8) is 0 Å². The minimum Gasteiger partial charge on any atom is -0.497 e. The molecule has 1 heterocycles. The van der Waals surface area contributed by atoms with Gasteiger partial charge in [-0.15, -0.1) is 0 Å². The molecule has 0 radical (unpaired) electrons. The van der Waals surface area contributed by atoms with Gasteiger partial charge in [-0.2, -0.15) is 0 Å². The number of benzene rings is 1. The summed E-state index contributed by atoms with van der Waals surface area (Å²) in [5.41, 5.74) is 1.16. The monoisotopic (exact) mass is 438 g/mol. The average Bonchev–Trinajstić information content (AvgIpc) is 2.74. The van der Waals surface area contributed by atoms with E-state index in [0.29, 0.717) is 5.92 Å². The quantitative estimate of drug-likeness (QED) is 0.528. The number of hydrogen-bond donors (Lipinski definition) is 3. The lowest BCUT2D eigenvalue weighted by molar-refractivity contribution is -0.159. The summed E-state index contributed by atoms with van der Waals surface area (Å²) in [5.74, 6) is -0.986. The zero-order valence-corrected chi connectivity index (χ0v) is 18.7. The molecule has 3 N–H and O–H groups in total. The van der Waals surface area contributed by atoms with Gasteiger partial charge in [0, 0.05) is 30.6 Å². The summed E-state index contributed by atoms with van der Waals surface area (Å²) in [4.78, 5) is 32.8. The number of piperidine rings is 1. The molecule has 0 saturated carbocycles. The molecular weight excluding hydrogens is 404 g/mol. The number of nitrogens with zero attached hydrogens (tertiary/aromatic N) is 1. The van der Waals surface area contributed by atoms with Gasteiger partial charge in [0.1, 0.15) is 11.5 Å². The van der Waals surface area contributed by atoms with Crippen LogP contribution in [0.1, 0.15) is 38.7 Å². The predicted molar refractivity (Wildman–Crippen MR) is 115 cm³/mol. The second kappa shape index (κ2) is 13.5. The molecule has 0 aromatic heterocycles. The van der Waals surface area contributed by atoms with Crippen LogP contribution in [0, 0.1) is 11.8 Å². The smallest absolute Gasteiger partial charge is 0.414 e. The zero-order valence-electron chi connectivity index (χ0n) is 18.7. The van der Waals surface area contributed by atoms with Crippen molar-refractivity contribution in [3.05, 3.63) is 23.8 Å². The molecule has 9 nitrogen and oxygen atoms in total. The van der Waals surface area contributed by atoms with E-state index in [1.165, 1.54) is 0 Å². The number of hydrogen-bond acceptors (Lipinski definition) is 6. The van der Waals surface area contributed by atoms with Crippen LogP contribution >= 0.6 is 0 Å². The van der Waals surface area contributed by atoms with Gasteiger partial charge in [-0.3, -0.25) is 9.69 Å². The molecule has 0 spiro atoms. The summed E-state index contributed by atoms with van der Waals surface area (Å²) >= 11 is 0. The van der Waals surface area contributed by atoms with Crippen molar-refractivity contribution in [2.75, 3.05) is 33.9 Å². The lowest BCUT2D eigenvalue weighted by Crippen LogP contribution is -2.40. The Bertz CT molecular complexity index is 717. The average molecular weight is 439 g/mol. The third-order valence-electron chi connectivity index (χ3n) is 5.05. The SMILES string of the molecule is COc1ccc(CN2CCC(C(=O)NCCC(C)C)CC2)c(OC)c1.O=C(O)C(=O)O. The van der Waals surface area contributed by atoms with Gasteiger partial charge < -0.3 is 25.0 Å². The lowest BCUT2D eigenvalue weighted by atomic mass is 9.95. The topological polar surface area (TPSA) is 125 Å². The van der Waals surface area contributed by atoms with Crippen LogP contribution in [-0.2, 0) is 20.9 Å². The van der Waals surface area contributed by atoms with E-state index in [9.17, 15) is 4.79 Å². The second-order valence-electron chi connectivity index (χ2n) is 7.81. The van der Waals surface area contributed by atoms with Gasteiger partial charge in [0.15, 0.2) is 0 Å². The molecule has 0 atom stereocenters. The first-order chi connectivity index (χ1) is 14.7. The summed E-state index contributed by atoms with van der Waals surface area (Å²) < 4.78 is 10.7. The first-order valence-corrected chi connectivity index (χ1v) is 10.3. The largest absolute Gasteiger partial charge is 0.497 e. The molecule has 1 aromatic rings. The molecule has 9 heteroatoms. The maximum atomic E-state index is 12.3. The molecule has 2 rings (SSSR count). The molecule has 174 valence electrons. The van der Waals surface area contributed by atoms with Crippen LogP contribution in [0.3, 0.4) is 0 Å². The summed E-state index contributed by atoms with van der Waals surface area (Å²) in [6.45, 7) is 7.87. The molecule has 0 aliphatic carbocycles. The normalized spacial score (nSPS) is 14.4. The van der Waals surface area contributed by atoms with Gasteiger partial charge in [-0.05, 0) is 44.3 Å². The van der Waals surface area contributed by atoms with E-state index in [2.05, 4.69) is 30.1 Å². The van der Waals surface area contributed by atoms with Crippen LogP contribution in [0.4, 0.5) is 0 Å². The highest BCUT2D eigenvalue weighted by Crippen LogP contribution is 2.27. The van der Waals surface area contributed by atoms with Gasteiger partial charge >= 0.3 is 11.9 Å². The van der Waals surface area contributed by atoms with Crippen LogP contribution in [0.25, 0.3) is 0 Å². The Morgan fingerprint density at radius 1 is 1.10 bits per heavy atom. The number of ether oxygens (including phenoxy) is 2. The highest BCUT2D eigenvalue weighted by molar-refractivity contribution is 6.27. The Hall–Kier alpha value is -2.81. The van der Waals surface area contributed by atoms with Gasteiger partial charge in [0.05, 0.1) is 14.2 Å². The van der Waals surface area contributed by atoms with E-state index in [1.54, 1.807) is 14.2 Å². The van der Waals surface area contributed by atoms with E-state index < -0.39 is 11.9 Å². The molecule has 1 saturated heterocycles. The fraction of sp³-hybridized carbons (Fsp3) is 0.591. The lowest BCUT2D eigenvalue weighted by Gasteiger charge is -2.31. The second-order valence-corrected chi connectivity index (χ2v) is 7.81. The maximum absolute atomic E-state index is 12.3. The Labute approximate surface area is 183 Å². The maximum Gasteiger partial charge on any atom is 0.414 e. The molecule has 0 unspecified atom stereocenters. The van der Waals surface area contributed by atoms with E-state index in [-0.39, 0.29) is 11.8 Å².